The highest BCUT2D eigenvalue weighted by molar-refractivity contribution is 7.71. The molecular formula is C8H10N4O2S. The van der Waals surface area contributed by atoms with E-state index in [1.165, 1.54) is 11.6 Å². The molecule has 2 aromatic rings. The van der Waals surface area contributed by atoms with Crippen LogP contribution in [-0.4, -0.2) is 18.7 Å². The van der Waals surface area contributed by atoms with E-state index in [0.717, 1.165) is 4.57 Å². The van der Waals surface area contributed by atoms with Gasteiger partial charge in [0.25, 0.3) is 5.56 Å². The summed E-state index contributed by atoms with van der Waals surface area (Å²) in [6.07, 6.45) is 0. The third-order valence-electron chi connectivity index (χ3n) is 2.51. The van der Waals surface area contributed by atoms with Crippen molar-refractivity contribution >= 4 is 23.4 Å². The van der Waals surface area contributed by atoms with Crippen LogP contribution in [0.1, 0.15) is 0 Å². The molecule has 0 saturated carbocycles. The first-order valence-corrected chi connectivity index (χ1v) is 4.70. The second-order valence-electron chi connectivity index (χ2n) is 3.39. The summed E-state index contributed by atoms with van der Waals surface area (Å²) in [7, 11) is 4.72. The zero-order chi connectivity index (χ0) is 11.3. The number of nitrogens with one attached hydrogen (secondary N) is 1. The Morgan fingerprint density at radius 2 is 1.67 bits per heavy atom. The summed E-state index contributed by atoms with van der Waals surface area (Å²) in [6, 6.07) is 0. The molecule has 0 radical (unpaired) electrons. The smallest absolute Gasteiger partial charge is 0.316 e. The molecule has 2 heterocycles. The highest BCUT2D eigenvalue weighted by Crippen LogP contribution is 2.04. The van der Waals surface area contributed by atoms with E-state index in [1.54, 1.807) is 18.7 Å². The molecule has 2 rings (SSSR count). The normalized spacial score (nSPS) is 11.1. The van der Waals surface area contributed by atoms with Crippen LogP contribution in [0.3, 0.4) is 0 Å². The van der Waals surface area contributed by atoms with Crippen LogP contribution in [0, 0.1) is 4.77 Å². The second-order valence-corrected chi connectivity index (χ2v) is 3.78. The van der Waals surface area contributed by atoms with Crippen molar-refractivity contribution in [2.45, 2.75) is 0 Å². The lowest BCUT2D eigenvalue weighted by atomic mass is 10.5. The van der Waals surface area contributed by atoms with Gasteiger partial charge in [-0.2, -0.15) is 0 Å². The van der Waals surface area contributed by atoms with Crippen molar-refractivity contribution in [1.82, 2.24) is 18.7 Å². The molecule has 0 bridgehead atoms. The lowest BCUT2D eigenvalue weighted by Gasteiger charge is -2.03. The van der Waals surface area contributed by atoms with E-state index in [4.69, 9.17) is 12.2 Å². The van der Waals surface area contributed by atoms with Gasteiger partial charge in [-0.15, -0.1) is 0 Å². The Labute approximate surface area is 89.4 Å². The maximum atomic E-state index is 11.8. The fourth-order valence-electron chi connectivity index (χ4n) is 1.56. The summed E-state index contributed by atoms with van der Waals surface area (Å²) < 4.78 is 4.41. The summed E-state index contributed by atoms with van der Waals surface area (Å²) >= 11 is 5.00. The molecule has 0 aliphatic heterocycles. The lowest BCUT2D eigenvalue weighted by Crippen LogP contribution is -2.37. The molecule has 0 atom stereocenters. The summed E-state index contributed by atoms with van der Waals surface area (Å²) in [5.41, 5.74) is 0.146. The molecule has 0 aromatic carbocycles. The maximum absolute atomic E-state index is 11.8. The minimum absolute atomic E-state index is 0.344. The topological polar surface area (TPSA) is 64.7 Å². The van der Waals surface area contributed by atoms with Crippen molar-refractivity contribution in [3.8, 4) is 0 Å². The van der Waals surface area contributed by atoms with Crippen LogP contribution in [0.2, 0.25) is 0 Å². The van der Waals surface area contributed by atoms with Crippen molar-refractivity contribution in [3.05, 3.63) is 25.6 Å². The number of hydrogen-bond donors (Lipinski definition) is 1. The zero-order valence-corrected chi connectivity index (χ0v) is 9.38. The summed E-state index contributed by atoms with van der Waals surface area (Å²) in [4.78, 5) is 26.2. The quantitative estimate of drug-likeness (QED) is 0.623. The van der Waals surface area contributed by atoms with Gasteiger partial charge >= 0.3 is 5.69 Å². The Bertz CT molecular complexity index is 715. The molecule has 0 amide bonds. The highest BCUT2D eigenvalue weighted by Gasteiger charge is 2.12. The van der Waals surface area contributed by atoms with Gasteiger partial charge in [0.05, 0.1) is 0 Å². The van der Waals surface area contributed by atoms with Crippen LogP contribution in [-0.2, 0) is 21.1 Å². The van der Waals surface area contributed by atoms with Gasteiger partial charge in [-0.25, -0.2) is 4.79 Å². The van der Waals surface area contributed by atoms with Crippen molar-refractivity contribution in [3.63, 3.8) is 0 Å². The third-order valence-corrected chi connectivity index (χ3v) is 2.88. The minimum atomic E-state index is -0.371. The van der Waals surface area contributed by atoms with Crippen LogP contribution in [0.25, 0.3) is 11.2 Å². The standard InChI is InChI=1S/C8H10N4O2S/c1-10-4-5(9-7(10)15)11(2)8(14)12(3)6(4)13/h1-3H3,(H,9,15). The minimum Gasteiger partial charge on any atom is -0.316 e. The zero-order valence-electron chi connectivity index (χ0n) is 8.57. The number of fused-ring (bicyclic) bond motifs is 1. The Kier molecular flexibility index (Phi) is 1.93. The molecule has 0 aliphatic rings. The summed E-state index contributed by atoms with van der Waals surface area (Å²) in [6.45, 7) is 0. The molecule has 2 aromatic heterocycles. The predicted octanol–water partition coefficient (Wildman–Crippen LogP) is -0.367. The number of aryl methyl sites for hydroxylation is 2. The van der Waals surface area contributed by atoms with Crippen molar-refractivity contribution in [1.29, 1.82) is 0 Å². The van der Waals surface area contributed by atoms with Crippen molar-refractivity contribution in [2.24, 2.45) is 21.1 Å². The average molecular weight is 226 g/mol. The number of hydrogen-bond acceptors (Lipinski definition) is 3. The number of imidazole rings is 1. The van der Waals surface area contributed by atoms with Crippen LogP contribution >= 0.6 is 12.2 Å². The SMILES string of the molecule is Cn1c(=O)c2c([nH]c(=S)n2C)n(C)c1=O. The van der Waals surface area contributed by atoms with Gasteiger partial charge < -0.3 is 9.55 Å². The highest BCUT2D eigenvalue weighted by atomic mass is 32.1. The van der Waals surface area contributed by atoms with Gasteiger partial charge in [0.1, 0.15) is 5.65 Å². The van der Waals surface area contributed by atoms with Crippen LogP contribution in [0.5, 0.6) is 0 Å². The van der Waals surface area contributed by atoms with E-state index < -0.39 is 0 Å². The third kappa shape index (κ3) is 1.13. The van der Waals surface area contributed by atoms with Gasteiger partial charge in [-0.05, 0) is 12.2 Å². The molecule has 0 fully saturated rings. The number of rotatable bonds is 0. The largest absolute Gasteiger partial charge is 0.332 e. The molecule has 0 aliphatic carbocycles. The van der Waals surface area contributed by atoms with Gasteiger partial charge in [-0.1, -0.05) is 0 Å². The molecule has 15 heavy (non-hydrogen) atoms. The predicted molar refractivity (Wildman–Crippen MR) is 58.6 cm³/mol. The molecule has 6 nitrogen and oxygen atoms in total. The molecule has 80 valence electrons. The maximum Gasteiger partial charge on any atom is 0.332 e. The van der Waals surface area contributed by atoms with Gasteiger partial charge in [0.15, 0.2) is 10.3 Å². The summed E-state index contributed by atoms with van der Waals surface area (Å²) in [5, 5.41) is 0. The first-order chi connectivity index (χ1) is 6.95. The number of aromatic nitrogens is 4. The Morgan fingerprint density at radius 3 is 2.27 bits per heavy atom. The first-order valence-electron chi connectivity index (χ1n) is 4.30. The molecule has 7 heteroatoms. The van der Waals surface area contributed by atoms with Crippen LogP contribution in [0.15, 0.2) is 9.59 Å². The second kappa shape index (κ2) is 2.93. The molecule has 0 unspecified atom stereocenters. The average Bonchev–Trinajstić information content (AvgIpc) is 2.50. The van der Waals surface area contributed by atoms with E-state index in [9.17, 15) is 9.59 Å². The molecule has 1 N–H and O–H groups in total. The van der Waals surface area contributed by atoms with E-state index in [-0.39, 0.29) is 11.2 Å². The van der Waals surface area contributed by atoms with Gasteiger partial charge in [-0.3, -0.25) is 13.9 Å². The first kappa shape index (κ1) is 9.91. The number of nitrogens with zero attached hydrogens (tertiary/aromatic N) is 3. The number of H-pyrrole nitrogens is 1. The van der Waals surface area contributed by atoms with E-state index in [1.807, 2.05) is 0 Å². The monoisotopic (exact) mass is 226 g/mol. The molecule has 0 spiro atoms. The van der Waals surface area contributed by atoms with Crippen molar-refractivity contribution in [2.75, 3.05) is 0 Å². The van der Waals surface area contributed by atoms with E-state index in [0.29, 0.717) is 15.9 Å². The van der Waals surface area contributed by atoms with Gasteiger partial charge in [0, 0.05) is 21.1 Å². The van der Waals surface area contributed by atoms with E-state index >= 15 is 0 Å². The van der Waals surface area contributed by atoms with Crippen LogP contribution < -0.4 is 11.2 Å². The summed E-state index contributed by atoms with van der Waals surface area (Å²) in [5.74, 6) is 0. The lowest BCUT2D eigenvalue weighted by molar-refractivity contribution is 0.705. The fourth-order valence-corrected chi connectivity index (χ4v) is 1.75. The Hall–Kier alpha value is -1.63. The fraction of sp³-hybridized carbons (Fsp3) is 0.375. The Morgan fingerprint density at radius 1 is 1.07 bits per heavy atom. The molecular weight excluding hydrogens is 216 g/mol. The number of aromatic amines is 1. The van der Waals surface area contributed by atoms with Crippen LogP contribution in [0.4, 0.5) is 0 Å². The van der Waals surface area contributed by atoms with Crippen molar-refractivity contribution < 1.29 is 0 Å². The Balaban J connectivity index is 3.30. The van der Waals surface area contributed by atoms with E-state index in [2.05, 4.69) is 4.98 Å². The molecule has 0 saturated heterocycles. The van der Waals surface area contributed by atoms with Gasteiger partial charge in [0.2, 0.25) is 0 Å².